The summed E-state index contributed by atoms with van der Waals surface area (Å²) >= 11 is 0. The van der Waals surface area contributed by atoms with Crippen molar-refractivity contribution in [3.05, 3.63) is 35.3 Å². The normalized spacial score (nSPS) is 11.1. The Morgan fingerprint density at radius 2 is 2.40 bits per heavy atom. The lowest BCUT2D eigenvalue weighted by atomic mass is 10.2. The third-order valence-corrected chi connectivity index (χ3v) is 2.35. The Bertz CT molecular complexity index is 590. The molecule has 0 bridgehead atoms. The second-order valence-corrected chi connectivity index (χ2v) is 3.64. The van der Waals surface area contributed by atoms with Gasteiger partial charge in [0.1, 0.15) is 0 Å². The molecule has 0 aliphatic heterocycles. The zero-order valence-electron chi connectivity index (χ0n) is 11.2. The van der Waals surface area contributed by atoms with Crippen LogP contribution in [0.2, 0.25) is 0 Å². The Morgan fingerprint density at radius 3 is 2.95 bits per heavy atom. The van der Waals surface area contributed by atoms with E-state index >= 15 is 0 Å². The van der Waals surface area contributed by atoms with Crippen molar-refractivity contribution in [3.63, 3.8) is 0 Å². The van der Waals surface area contributed by atoms with E-state index in [1.807, 2.05) is 6.07 Å². The van der Waals surface area contributed by atoms with Crippen LogP contribution in [0.3, 0.4) is 0 Å². The maximum Gasteiger partial charge on any atom is 0.339 e. The van der Waals surface area contributed by atoms with E-state index in [4.69, 9.17) is 10.00 Å². The van der Waals surface area contributed by atoms with Gasteiger partial charge in [-0.1, -0.05) is 0 Å². The van der Waals surface area contributed by atoms with Crippen LogP contribution in [-0.4, -0.2) is 29.4 Å². The molecule has 0 amide bonds. The summed E-state index contributed by atoms with van der Waals surface area (Å²) in [4.78, 5) is 15.5. The highest BCUT2D eigenvalue weighted by Gasteiger charge is 2.19. The van der Waals surface area contributed by atoms with Gasteiger partial charge in [-0.25, -0.2) is 9.78 Å². The van der Waals surface area contributed by atoms with E-state index < -0.39 is 11.9 Å². The van der Waals surface area contributed by atoms with E-state index in [0.29, 0.717) is 5.56 Å². The molecule has 20 heavy (non-hydrogen) atoms. The molecule has 1 N–H and O–H groups in total. The first-order valence-electron chi connectivity index (χ1n) is 5.75. The predicted octanol–water partition coefficient (Wildman–Crippen LogP) is 1.73. The van der Waals surface area contributed by atoms with Gasteiger partial charge in [0.15, 0.2) is 5.82 Å². The summed E-state index contributed by atoms with van der Waals surface area (Å²) in [5.74, 6) is -0.962. The van der Waals surface area contributed by atoms with Crippen LogP contribution in [0.25, 0.3) is 0 Å². The number of aliphatic hydroxyl groups excluding tert-OH is 1. The molecule has 0 radical (unpaired) electrons. The van der Waals surface area contributed by atoms with Gasteiger partial charge in [0.25, 0.3) is 0 Å². The predicted molar refractivity (Wildman–Crippen MR) is 72.9 cm³/mol. The minimum Gasteiger partial charge on any atom is -0.493 e. The Morgan fingerprint density at radius 1 is 1.70 bits per heavy atom. The third kappa shape index (κ3) is 3.32. The number of hydrogen-bond acceptors (Lipinski definition) is 7. The summed E-state index contributed by atoms with van der Waals surface area (Å²) in [5, 5.41) is 23.4. The average Bonchev–Trinajstić information content (AvgIpc) is 2.47. The first-order chi connectivity index (χ1) is 9.54. The summed E-state index contributed by atoms with van der Waals surface area (Å²) in [6, 6.07) is 4.85. The number of nitriles is 1. The number of aliphatic hydroxyl groups is 1. The Balaban J connectivity index is 3.18. The van der Waals surface area contributed by atoms with Crippen LogP contribution >= 0.6 is 0 Å². The minimum atomic E-state index is -0.671. The van der Waals surface area contributed by atoms with Gasteiger partial charge in [-0.15, -0.1) is 0 Å². The second-order valence-electron chi connectivity index (χ2n) is 3.64. The SMILES string of the molecule is C=NN(/C(O)=C(\C)C(=O)OCC)c1cc(C#N)ccn1. The molecule has 7 heteroatoms. The average molecular weight is 274 g/mol. The zero-order valence-corrected chi connectivity index (χ0v) is 11.2. The molecule has 0 atom stereocenters. The van der Waals surface area contributed by atoms with Crippen molar-refractivity contribution in [2.24, 2.45) is 5.10 Å². The molecule has 7 nitrogen and oxygen atoms in total. The number of hydrogen-bond donors (Lipinski definition) is 1. The molecule has 1 rings (SSSR count). The van der Waals surface area contributed by atoms with Gasteiger partial charge in [0, 0.05) is 19.0 Å². The van der Waals surface area contributed by atoms with Crippen LogP contribution in [0, 0.1) is 11.3 Å². The largest absolute Gasteiger partial charge is 0.493 e. The number of aromatic nitrogens is 1. The molecule has 0 fully saturated rings. The quantitative estimate of drug-likeness (QED) is 0.288. The fourth-order valence-electron chi connectivity index (χ4n) is 1.34. The molecule has 104 valence electrons. The van der Waals surface area contributed by atoms with Crippen molar-refractivity contribution in [3.8, 4) is 6.07 Å². The molecule has 0 aliphatic rings. The van der Waals surface area contributed by atoms with Crippen molar-refractivity contribution in [2.45, 2.75) is 13.8 Å². The van der Waals surface area contributed by atoms with E-state index in [2.05, 4.69) is 16.8 Å². The monoisotopic (exact) mass is 274 g/mol. The lowest BCUT2D eigenvalue weighted by molar-refractivity contribution is -0.138. The van der Waals surface area contributed by atoms with Crippen molar-refractivity contribution >= 4 is 18.5 Å². The summed E-state index contributed by atoms with van der Waals surface area (Å²) in [5.41, 5.74) is 0.300. The Kier molecular flexibility index (Phi) is 5.23. The van der Waals surface area contributed by atoms with Crippen LogP contribution in [0.4, 0.5) is 5.82 Å². The molecule has 0 saturated heterocycles. The second kappa shape index (κ2) is 6.89. The van der Waals surface area contributed by atoms with Crippen LogP contribution in [0.5, 0.6) is 0 Å². The van der Waals surface area contributed by atoms with Crippen molar-refractivity contribution < 1.29 is 14.6 Å². The first-order valence-corrected chi connectivity index (χ1v) is 5.75. The first kappa shape index (κ1) is 15.2. The molecule has 0 aliphatic carbocycles. The zero-order chi connectivity index (χ0) is 15.1. The molecule has 1 aromatic heterocycles. The smallest absolute Gasteiger partial charge is 0.339 e. The van der Waals surface area contributed by atoms with Gasteiger partial charge in [0.05, 0.1) is 23.8 Å². The summed E-state index contributed by atoms with van der Waals surface area (Å²) in [6.07, 6.45) is 1.39. The Labute approximate surface area is 116 Å². The molecule has 1 aromatic rings. The van der Waals surface area contributed by atoms with E-state index in [1.54, 1.807) is 6.92 Å². The van der Waals surface area contributed by atoms with Crippen molar-refractivity contribution in [1.29, 1.82) is 5.26 Å². The fraction of sp³-hybridized carbons (Fsp3) is 0.231. The summed E-state index contributed by atoms with van der Waals surface area (Å²) in [6.45, 7) is 6.54. The summed E-state index contributed by atoms with van der Waals surface area (Å²) < 4.78 is 4.78. The molecule has 0 unspecified atom stereocenters. The maximum absolute atomic E-state index is 11.6. The van der Waals surface area contributed by atoms with E-state index in [0.717, 1.165) is 5.01 Å². The number of anilines is 1. The van der Waals surface area contributed by atoms with Gasteiger partial charge >= 0.3 is 5.97 Å². The standard InChI is InChI=1S/C13H14N4O3/c1-4-20-13(19)9(2)12(18)17(15-3)11-7-10(8-14)5-6-16-11/h5-7,18H,3-4H2,1-2H3/b12-9-. The molecular formula is C13H14N4O3. The van der Waals surface area contributed by atoms with E-state index in [9.17, 15) is 9.90 Å². The maximum atomic E-state index is 11.6. The Hall–Kier alpha value is -2.88. The molecular weight excluding hydrogens is 260 g/mol. The van der Waals surface area contributed by atoms with Crippen LogP contribution < -0.4 is 5.01 Å². The highest BCUT2D eigenvalue weighted by molar-refractivity contribution is 5.88. The number of carbonyl (C=O) groups excluding carboxylic acids is 1. The molecule has 0 aromatic carbocycles. The van der Waals surface area contributed by atoms with Crippen LogP contribution in [-0.2, 0) is 9.53 Å². The van der Waals surface area contributed by atoms with E-state index in [-0.39, 0.29) is 18.0 Å². The van der Waals surface area contributed by atoms with Crippen molar-refractivity contribution in [1.82, 2.24) is 4.98 Å². The molecule has 0 spiro atoms. The number of esters is 1. The third-order valence-electron chi connectivity index (χ3n) is 2.35. The highest BCUT2D eigenvalue weighted by Crippen LogP contribution is 2.19. The number of pyridine rings is 1. The van der Waals surface area contributed by atoms with Gasteiger partial charge in [-0.05, 0) is 19.9 Å². The fourth-order valence-corrected chi connectivity index (χ4v) is 1.34. The highest BCUT2D eigenvalue weighted by atomic mass is 16.5. The minimum absolute atomic E-state index is 0.0385. The number of hydrazone groups is 1. The van der Waals surface area contributed by atoms with Gasteiger partial charge in [0.2, 0.25) is 5.88 Å². The van der Waals surface area contributed by atoms with Crippen LogP contribution in [0.1, 0.15) is 19.4 Å². The number of carbonyl (C=O) groups is 1. The number of rotatable bonds is 5. The van der Waals surface area contributed by atoms with Crippen molar-refractivity contribution in [2.75, 3.05) is 11.6 Å². The topological polar surface area (TPSA) is 98.8 Å². The molecule has 0 saturated carbocycles. The molecule has 1 heterocycles. The number of ether oxygens (including phenoxy) is 1. The van der Waals surface area contributed by atoms with Gasteiger partial charge in [-0.2, -0.15) is 15.4 Å². The van der Waals surface area contributed by atoms with Gasteiger partial charge in [-0.3, -0.25) is 0 Å². The lowest BCUT2D eigenvalue weighted by Crippen LogP contribution is -2.21. The van der Waals surface area contributed by atoms with E-state index in [1.165, 1.54) is 25.3 Å². The number of nitrogens with zero attached hydrogens (tertiary/aromatic N) is 4. The summed E-state index contributed by atoms with van der Waals surface area (Å²) in [7, 11) is 0. The lowest BCUT2D eigenvalue weighted by Gasteiger charge is -2.17. The van der Waals surface area contributed by atoms with Crippen LogP contribution in [0.15, 0.2) is 34.9 Å². The van der Waals surface area contributed by atoms with Gasteiger partial charge < -0.3 is 9.84 Å².